The third-order valence-electron chi connectivity index (χ3n) is 4.52. The first-order valence-corrected chi connectivity index (χ1v) is 8.52. The van der Waals surface area contributed by atoms with Crippen LogP contribution in [-0.2, 0) is 4.79 Å². The Balaban J connectivity index is 2.11. The van der Waals surface area contributed by atoms with Gasteiger partial charge in [-0.2, -0.15) is 5.26 Å². The molecule has 4 nitrogen and oxygen atoms in total. The van der Waals surface area contributed by atoms with Crippen LogP contribution in [0.1, 0.15) is 37.9 Å². The lowest BCUT2D eigenvalue weighted by Gasteiger charge is -2.28. The highest BCUT2D eigenvalue weighted by molar-refractivity contribution is 5.79. The van der Waals surface area contributed by atoms with Crippen LogP contribution in [0.4, 0.5) is 0 Å². The molecule has 0 aromatic heterocycles. The highest BCUT2D eigenvalue weighted by atomic mass is 16.2. The molecule has 1 atom stereocenters. The number of benzene rings is 2. The van der Waals surface area contributed by atoms with Gasteiger partial charge in [-0.25, -0.2) is 0 Å². The Kier molecular flexibility index (Phi) is 6.32. The Bertz CT molecular complexity index is 682. The van der Waals surface area contributed by atoms with Gasteiger partial charge in [-0.3, -0.25) is 10.1 Å². The van der Waals surface area contributed by atoms with Gasteiger partial charge < -0.3 is 5.32 Å². The molecule has 0 saturated carbocycles. The maximum absolute atomic E-state index is 12.4. The number of rotatable bonds is 7. The van der Waals surface area contributed by atoms with Crippen LogP contribution in [0.3, 0.4) is 0 Å². The van der Waals surface area contributed by atoms with Crippen LogP contribution >= 0.6 is 0 Å². The zero-order valence-corrected chi connectivity index (χ0v) is 15.0. The van der Waals surface area contributed by atoms with E-state index >= 15 is 0 Å². The average molecular weight is 335 g/mol. The maximum Gasteiger partial charge on any atom is 0.235 e. The van der Waals surface area contributed by atoms with Crippen LogP contribution in [0.15, 0.2) is 60.7 Å². The van der Waals surface area contributed by atoms with Crippen molar-refractivity contribution in [1.82, 2.24) is 10.6 Å². The predicted molar refractivity (Wildman–Crippen MR) is 99.7 cm³/mol. The number of hydrogen-bond acceptors (Lipinski definition) is 3. The molecule has 0 fully saturated rings. The summed E-state index contributed by atoms with van der Waals surface area (Å²) >= 11 is 0. The molecule has 1 unspecified atom stereocenters. The van der Waals surface area contributed by atoms with Gasteiger partial charge in [-0.1, -0.05) is 74.5 Å². The van der Waals surface area contributed by atoms with Crippen LogP contribution in [0.5, 0.6) is 0 Å². The second kappa shape index (κ2) is 8.46. The molecule has 2 N–H and O–H groups in total. The van der Waals surface area contributed by atoms with Gasteiger partial charge in [-0.15, -0.1) is 0 Å². The zero-order valence-electron chi connectivity index (χ0n) is 15.0. The second-order valence-electron chi connectivity index (χ2n) is 6.65. The minimum atomic E-state index is -0.867. The fourth-order valence-electron chi connectivity index (χ4n) is 2.55. The molecule has 0 aliphatic heterocycles. The van der Waals surface area contributed by atoms with E-state index in [9.17, 15) is 10.1 Å². The van der Waals surface area contributed by atoms with Crippen molar-refractivity contribution >= 4 is 5.91 Å². The van der Waals surface area contributed by atoms with Crippen molar-refractivity contribution in [2.24, 2.45) is 5.92 Å². The van der Waals surface area contributed by atoms with Crippen molar-refractivity contribution in [3.05, 3.63) is 71.8 Å². The van der Waals surface area contributed by atoms with E-state index in [2.05, 4.69) is 16.7 Å². The van der Waals surface area contributed by atoms with E-state index in [1.54, 1.807) is 6.92 Å². The number of hydrogen-bond donors (Lipinski definition) is 2. The van der Waals surface area contributed by atoms with Crippen molar-refractivity contribution in [3.8, 4) is 6.07 Å². The topological polar surface area (TPSA) is 64.9 Å². The summed E-state index contributed by atoms with van der Waals surface area (Å²) in [6.45, 7) is 5.74. The minimum Gasteiger partial charge on any atom is -0.337 e. The monoisotopic (exact) mass is 335 g/mol. The molecule has 1 amide bonds. The molecule has 25 heavy (non-hydrogen) atoms. The number of carbonyl (C=O) groups excluding carboxylic acids is 1. The Hall–Kier alpha value is -2.64. The first-order chi connectivity index (χ1) is 12.0. The standard InChI is InChI=1S/C21H25N3O/c1-16(2)21(3,15-22)24-19(25)14-23-20(17-10-6-4-7-11-17)18-12-8-5-9-13-18/h4-13,16,20,23H,14H2,1-3H3,(H,24,25). The van der Waals surface area contributed by atoms with Crippen LogP contribution in [0.25, 0.3) is 0 Å². The molecule has 2 aromatic rings. The predicted octanol–water partition coefficient (Wildman–Crippen LogP) is 3.42. The molecule has 0 saturated heterocycles. The smallest absolute Gasteiger partial charge is 0.235 e. The summed E-state index contributed by atoms with van der Waals surface area (Å²) in [6.07, 6.45) is 0. The second-order valence-corrected chi connectivity index (χ2v) is 6.65. The quantitative estimate of drug-likeness (QED) is 0.815. The van der Waals surface area contributed by atoms with Crippen LogP contribution in [0.2, 0.25) is 0 Å². The molecule has 4 heteroatoms. The molecule has 2 rings (SSSR count). The van der Waals surface area contributed by atoms with Gasteiger partial charge in [0.25, 0.3) is 0 Å². The lowest BCUT2D eigenvalue weighted by molar-refractivity contribution is -0.121. The van der Waals surface area contributed by atoms with E-state index in [0.29, 0.717) is 0 Å². The maximum atomic E-state index is 12.4. The van der Waals surface area contributed by atoms with Crippen LogP contribution in [-0.4, -0.2) is 18.0 Å². The molecule has 0 spiro atoms. The average Bonchev–Trinajstić information content (AvgIpc) is 2.63. The fraction of sp³-hybridized carbons (Fsp3) is 0.333. The minimum absolute atomic E-state index is 0.0282. The third-order valence-corrected chi connectivity index (χ3v) is 4.52. The summed E-state index contributed by atoms with van der Waals surface area (Å²) in [5, 5.41) is 15.5. The lowest BCUT2D eigenvalue weighted by Crippen LogP contribution is -2.51. The number of nitriles is 1. The molecular formula is C21H25N3O. The highest BCUT2D eigenvalue weighted by Gasteiger charge is 2.30. The van der Waals surface area contributed by atoms with Crippen molar-refractivity contribution in [2.75, 3.05) is 6.54 Å². The van der Waals surface area contributed by atoms with Crippen molar-refractivity contribution in [3.63, 3.8) is 0 Å². The first kappa shape index (κ1) is 18.7. The summed E-state index contributed by atoms with van der Waals surface area (Å²) in [4.78, 5) is 12.4. The Labute approximate surface area is 149 Å². The number of nitrogens with zero attached hydrogens (tertiary/aromatic N) is 1. The molecule has 0 bridgehead atoms. The largest absolute Gasteiger partial charge is 0.337 e. The fourth-order valence-corrected chi connectivity index (χ4v) is 2.55. The van der Waals surface area contributed by atoms with Crippen LogP contribution < -0.4 is 10.6 Å². The molecule has 2 aromatic carbocycles. The van der Waals surface area contributed by atoms with Crippen molar-refractivity contribution in [1.29, 1.82) is 5.26 Å². The number of nitrogens with one attached hydrogen (secondary N) is 2. The summed E-state index contributed by atoms with van der Waals surface area (Å²) < 4.78 is 0. The van der Waals surface area contributed by atoms with Gasteiger partial charge in [0, 0.05) is 0 Å². The van der Waals surface area contributed by atoms with E-state index in [1.807, 2.05) is 74.5 Å². The molecule has 0 aliphatic rings. The molecule has 0 radical (unpaired) electrons. The van der Waals surface area contributed by atoms with E-state index in [-0.39, 0.29) is 24.4 Å². The molecule has 130 valence electrons. The van der Waals surface area contributed by atoms with Crippen molar-refractivity contribution in [2.45, 2.75) is 32.4 Å². The molecule has 0 aliphatic carbocycles. The number of amides is 1. The summed E-state index contributed by atoms with van der Waals surface area (Å²) in [7, 11) is 0. The third kappa shape index (κ3) is 4.91. The normalized spacial score (nSPS) is 13.3. The molecule has 0 heterocycles. The van der Waals surface area contributed by atoms with E-state index in [0.717, 1.165) is 11.1 Å². The van der Waals surface area contributed by atoms with Gasteiger partial charge in [0.15, 0.2) is 0 Å². The summed E-state index contributed by atoms with van der Waals surface area (Å²) in [5.41, 5.74) is 1.31. The zero-order chi connectivity index (χ0) is 18.3. The Morgan fingerprint density at radius 1 is 1.04 bits per heavy atom. The van der Waals surface area contributed by atoms with Crippen molar-refractivity contribution < 1.29 is 4.79 Å². The van der Waals surface area contributed by atoms with Gasteiger partial charge >= 0.3 is 0 Å². The van der Waals surface area contributed by atoms with E-state index in [1.165, 1.54) is 0 Å². The van der Waals surface area contributed by atoms with E-state index < -0.39 is 5.54 Å². The highest BCUT2D eigenvalue weighted by Crippen LogP contribution is 2.21. The van der Waals surface area contributed by atoms with Gasteiger partial charge in [0.1, 0.15) is 5.54 Å². The first-order valence-electron chi connectivity index (χ1n) is 8.52. The van der Waals surface area contributed by atoms with Gasteiger partial charge in [0.2, 0.25) is 5.91 Å². The Morgan fingerprint density at radius 2 is 1.52 bits per heavy atom. The number of carbonyl (C=O) groups is 1. The lowest BCUT2D eigenvalue weighted by atomic mass is 9.90. The summed E-state index contributed by atoms with van der Waals surface area (Å²) in [5.74, 6) is -0.157. The summed E-state index contributed by atoms with van der Waals surface area (Å²) in [6, 6.07) is 22.1. The Morgan fingerprint density at radius 3 is 1.92 bits per heavy atom. The SMILES string of the molecule is CC(C)C(C)(C#N)NC(=O)CNC(c1ccccc1)c1ccccc1. The van der Waals surface area contributed by atoms with E-state index in [4.69, 9.17) is 0 Å². The van der Waals surface area contributed by atoms with Gasteiger partial charge in [0.05, 0.1) is 18.7 Å². The molecular weight excluding hydrogens is 310 g/mol. The van der Waals surface area contributed by atoms with Crippen LogP contribution in [0, 0.1) is 17.2 Å². The van der Waals surface area contributed by atoms with Gasteiger partial charge in [-0.05, 0) is 24.0 Å².